The Kier molecular flexibility index (Phi) is 1.86. The molecule has 0 unspecified atom stereocenters. The number of hydrogen-bond donors (Lipinski definition) is 1. The van der Waals surface area contributed by atoms with Crippen LogP contribution in [0.4, 0.5) is 0 Å². The average Bonchev–Trinajstić information content (AvgIpc) is 2.47. The molecule has 0 aliphatic heterocycles. The molecule has 0 aromatic rings. The molecular weight excluding hydrogens is 116 g/mol. The van der Waals surface area contributed by atoms with E-state index < -0.39 is 0 Å². The smallest absolute Gasteiger partial charge is 0.133 e. The van der Waals surface area contributed by atoms with E-state index in [9.17, 15) is 4.79 Å². The van der Waals surface area contributed by atoms with Crippen molar-refractivity contribution in [3.05, 3.63) is 0 Å². The summed E-state index contributed by atoms with van der Waals surface area (Å²) in [5.41, 5.74) is 0. The molecule has 0 spiro atoms. The number of Topliss-reactive ketones (excluding diaryl/α,β-unsaturated/α-hetero) is 1. The summed E-state index contributed by atoms with van der Waals surface area (Å²) in [4.78, 5) is 10.6. The van der Waals surface area contributed by atoms with Crippen molar-refractivity contribution in [2.45, 2.75) is 19.8 Å². The van der Waals surface area contributed by atoms with Crippen molar-refractivity contribution in [2.75, 3.05) is 6.61 Å². The minimum absolute atomic E-state index is 0.231. The lowest BCUT2D eigenvalue weighted by atomic mass is 10.2. The Morgan fingerprint density at radius 3 is 2.78 bits per heavy atom. The van der Waals surface area contributed by atoms with Crippen LogP contribution >= 0.6 is 0 Å². The highest BCUT2D eigenvalue weighted by atomic mass is 16.3. The van der Waals surface area contributed by atoms with Crippen molar-refractivity contribution in [1.82, 2.24) is 0 Å². The number of hydrogen-bond acceptors (Lipinski definition) is 2. The van der Waals surface area contributed by atoms with Crippen LogP contribution in [-0.4, -0.2) is 17.5 Å². The largest absolute Gasteiger partial charge is 0.396 e. The first-order valence-electron chi connectivity index (χ1n) is 3.37. The number of aliphatic hydroxyl groups is 1. The number of carbonyl (C=O) groups is 1. The predicted octanol–water partition coefficient (Wildman–Crippen LogP) is 0.594. The lowest BCUT2D eigenvalue weighted by Gasteiger charge is -1.89. The zero-order chi connectivity index (χ0) is 6.85. The highest BCUT2D eigenvalue weighted by molar-refractivity contribution is 5.81. The number of carbonyl (C=O) groups excluding carboxylic acids is 1. The summed E-state index contributed by atoms with van der Waals surface area (Å²) in [6.45, 7) is 1.86. The third-order valence-electron chi connectivity index (χ3n) is 1.94. The Bertz CT molecular complexity index is 120. The molecule has 52 valence electrons. The van der Waals surface area contributed by atoms with E-state index in [1.165, 1.54) is 0 Å². The molecule has 0 aromatic carbocycles. The van der Waals surface area contributed by atoms with Gasteiger partial charge in [0.15, 0.2) is 0 Å². The number of ketones is 1. The maximum absolute atomic E-state index is 10.6. The van der Waals surface area contributed by atoms with E-state index in [0.717, 1.165) is 12.8 Å². The molecule has 0 heterocycles. The molecule has 0 amide bonds. The van der Waals surface area contributed by atoms with Crippen LogP contribution < -0.4 is 0 Å². The lowest BCUT2D eigenvalue weighted by Crippen LogP contribution is -1.96. The van der Waals surface area contributed by atoms with Crippen molar-refractivity contribution in [3.63, 3.8) is 0 Å². The monoisotopic (exact) mass is 128 g/mol. The van der Waals surface area contributed by atoms with Gasteiger partial charge in [-0.2, -0.15) is 0 Å². The van der Waals surface area contributed by atoms with Gasteiger partial charge in [-0.1, -0.05) is 0 Å². The second-order valence-corrected chi connectivity index (χ2v) is 2.73. The fourth-order valence-corrected chi connectivity index (χ4v) is 1.23. The Morgan fingerprint density at radius 1 is 1.78 bits per heavy atom. The molecular formula is C7H12O2. The number of rotatable bonds is 3. The molecule has 0 aromatic heterocycles. The average molecular weight is 128 g/mol. The van der Waals surface area contributed by atoms with Crippen molar-refractivity contribution in [3.8, 4) is 0 Å². The van der Waals surface area contributed by atoms with E-state index in [1.807, 2.05) is 0 Å². The maximum atomic E-state index is 10.6. The zero-order valence-electron chi connectivity index (χ0n) is 5.63. The predicted molar refractivity (Wildman–Crippen MR) is 34.0 cm³/mol. The molecule has 2 heteroatoms. The molecule has 2 atom stereocenters. The van der Waals surface area contributed by atoms with Crippen molar-refractivity contribution >= 4 is 5.78 Å². The Morgan fingerprint density at radius 2 is 2.44 bits per heavy atom. The van der Waals surface area contributed by atoms with Crippen molar-refractivity contribution in [1.29, 1.82) is 0 Å². The highest BCUT2D eigenvalue weighted by Gasteiger charge is 2.39. The molecule has 2 nitrogen and oxygen atoms in total. The van der Waals surface area contributed by atoms with Crippen LogP contribution in [-0.2, 0) is 4.79 Å². The van der Waals surface area contributed by atoms with Gasteiger partial charge in [0.2, 0.25) is 0 Å². The topological polar surface area (TPSA) is 37.3 Å². The molecule has 9 heavy (non-hydrogen) atoms. The summed E-state index contributed by atoms with van der Waals surface area (Å²) in [6.07, 6.45) is 1.82. The SMILES string of the molecule is CC(=O)[C@@H]1C[C@H]1CCO. The van der Waals surface area contributed by atoms with Crippen LogP contribution in [0, 0.1) is 11.8 Å². The molecule has 1 N–H and O–H groups in total. The standard InChI is InChI=1S/C7H12O2/c1-5(9)7-4-6(7)2-3-8/h6-8H,2-4H2,1H3/t6-,7+/m1/s1. The molecule has 1 saturated carbocycles. The van der Waals surface area contributed by atoms with Crippen LogP contribution in [0.5, 0.6) is 0 Å². The Balaban J connectivity index is 2.17. The fraction of sp³-hybridized carbons (Fsp3) is 0.857. The van der Waals surface area contributed by atoms with Gasteiger partial charge < -0.3 is 5.11 Å². The molecule has 0 bridgehead atoms. The van der Waals surface area contributed by atoms with Crippen LogP contribution in [0.15, 0.2) is 0 Å². The van der Waals surface area contributed by atoms with Crippen LogP contribution in [0.1, 0.15) is 19.8 Å². The molecule has 0 radical (unpaired) electrons. The Labute approximate surface area is 54.9 Å². The van der Waals surface area contributed by atoms with Gasteiger partial charge in [0.05, 0.1) is 0 Å². The van der Waals surface area contributed by atoms with Crippen LogP contribution in [0.3, 0.4) is 0 Å². The fourth-order valence-electron chi connectivity index (χ4n) is 1.23. The maximum Gasteiger partial charge on any atom is 0.133 e. The third kappa shape index (κ3) is 1.52. The summed E-state index contributed by atoms with van der Waals surface area (Å²) in [7, 11) is 0. The lowest BCUT2D eigenvalue weighted by molar-refractivity contribution is -0.118. The van der Waals surface area contributed by atoms with Crippen molar-refractivity contribution < 1.29 is 9.90 Å². The second-order valence-electron chi connectivity index (χ2n) is 2.73. The van der Waals surface area contributed by atoms with Gasteiger partial charge >= 0.3 is 0 Å². The van der Waals surface area contributed by atoms with Gasteiger partial charge in [-0.25, -0.2) is 0 Å². The molecule has 1 aliphatic rings. The van der Waals surface area contributed by atoms with Gasteiger partial charge in [0, 0.05) is 12.5 Å². The summed E-state index contributed by atoms with van der Waals surface area (Å²) < 4.78 is 0. The first kappa shape index (κ1) is 6.75. The van der Waals surface area contributed by atoms with Gasteiger partial charge in [-0.3, -0.25) is 4.79 Å². The van der Waals surface area contributed by atoms with Gasteiger partial charge in [0.1, 0.15) is 5.78 Å². The summed E-state index contributed by atoms with van der Waals surface area (Å²) >= 11 is 0. The summed E-state index contributed by atoms with van der Waals surface area (Å²) in [5, 5.41) is 8.46. The minimum atomic E-state index is 0.231. The molecule has 0 saturated heterocycles. The number of aliphatic hydroxyl groups excluding tert-OH is 1. The van der Waals surface area contributed by atoms with E-state index in [2.05, 4.69) is 0 Å². The van der Waals surface area contributed by atoms with Crippen LogP contribution in [0.25, 0.3) is 0 Å². The van der Waals surface area contributed by atoms with E-state index in [0.29, 0.717) is 5.92 Å². The minimum Gasteiger partial charge on any atom is -0.396 e. The normalized spacial score (nSPS) is 32.2. The van der Waals surface area contributed by atoms with E-state index >= 15 is 0 Å². The van der Waals surface area contributed by atoms with Gasteiger partial charge in [-0.15, -0.1) is 0 Å². The van der Waals surface area contributed by atoms with E-state index in [1.54, 1.807) is 6.92 Å². The van der Waals surface area contributed by atoms with Crippen molar-refractivity contribution in [2.24, 2.45) is 11.8 Å². The summed E-state index contributed by atoms with van der Waals surface area (Å²) in [5.74, 6) is 1.08. The molecule has 1 rings (SSSR count). The van der Waals surface area contributed by atoms with E-state index in [-0.39, 0.29) is 18.3 Å². The van der Waals surface area contributed by atoms with Gasteiger partial charge in [0.25, 0.3) is 0 Å². The van der Waals surface area contributed by atoms with Crippen LogP contribution in [0.2, 0.25) is 0 Å². The highest BCUT2D eigenvalue weighted by Crippen LogP contribution is 2.41. The first-order valence-corrected chi connectivity index (χ1v) is 3.37. The second kappa shape index (κ2) is 2.48. The molecule has 1 aliphatic carbocycles. The Hall–Kier alpha value is -0.370. The summed E-state index contributed by atoms with van der Waals surface area (Å²) in [6, 6.07) is 0. The zero-order valence-corrected chi connectivity index (χ0v) is 5.63. The van der Waals surface area contributed by atoms with E-state index in [4.69, 9.17) is 5.11 Å². The quantitative estimate of drug-likeness (QED) is 0.604. The van der Waals surface area contributed by atoms with Gasteiger partial charge in [-0.05, 0) is 25.7 Å². The third-order valence-corrected chi connectivity index (χ3v) is 1.94. The first-order chi connectivity index (χ1) is 4.25. The molecule has 1 fully saturated rings.